The Labute approximate surface area is 95.2 Å². The zero-order valence-electron chi connectivity index (χ0n) is 8.27. The van der Waals surface area contributed by atoms with E-state index >= 15 is 0 Å². The van der Waals surface area contributed by atoms with Gasteiger partial charge in [0.2, 0.25) is 0 Å². The summed E-state index contributed by atoms with van der Waals surface area (Å²) in [6.07, 6.45) is 0. The van der Waals surface area contributed by atoms with Gasteiger partial charge in [-0.1, -0.05) is 5.10 Å². The molecule has 0 saturated carbocycles. The van der Waals surface area contributed by atoms with Crippen molar-refractivity contribution < 1.29 is 9.21 Å². The number of anilines is 1. The molecule has 2 heterocycles. The molecular weight excluding hydrogens is 234 g/mol. The van der Waals surface area contributed by atoms with Crippen molar-refractivity contribution >= 4 is 23.5 Å². The van der Waals surface area contributed by atoms with Crippen LogP contribution in [-0.4, -0.2) is 26.5 Å². The summed E-state index contributed by atoms with van der Waals surface area (Å²) >= 11 is 5.80. The van der Waals surface area contributed by atoms with E-state index in [2.05, 4.69) is 25.9 Å². The van der Waals surface area contributed by atoms with E-state index < -0.39 is 5.91 Å². The van der Waals surface area contributed by atoms with Crippen molar-refractivity contribution in [1.29, 1.82) is 0 Å². The van der Waals surface area contributed by atoms with Gasteiger partial charge in [-0.05, 0) is 24.3 Å². The Hall–Kier alpha value is -1.89. The van der Waals surface area contributed by atoms with Crippen LogP contribution in [0.5, 0.6) is 0 Å². The van der Waals surface area contributed by atoms with Crippen molar-refractivity contribution in [3.63, 3.8) is 0 Å². The van der Waals surface area contributed by atoms with Gasteiger partial charge in [0.1, 0.15) is 5.76 Å². The Morgan fingerprint density at radius 2 is 2.44 bits per heavy atom. The van der Waals surface area contributed by atoms with Crippen molar-refractivity contribution in [2.75, 3.05) is 5.32 Å². The predicted octanol–water partition coefficient (Wildman–Crippen LogP) is 1.34. The van der Waals surface area contributed by atoms with Gasteiger partial charge in [0.25, 0.3) is 11.9 Å². The number of carbonyl (C=O) groups is 1. The van der Waals surface area contributed by atoms with E-state index in [-0.39, 0.29) is 17.1 Å². The molecule has 84 valence electrons. The molecule has 0 bridgehead atoms. The first-order valence-electron chi connectivity index (χ1n) is 4.45. The Balaban J connectivity index is 2.09. The lowest BCUT2D eigenvalue weighted by molar-refractivity contribution is 0.0994. The third-order valence-corrected chi connectivity index (χ3v) is 2.03. The molecule has 2 rings (SSSR count). The molecule has 0 spiro atoms. The van der Waals surface area contributed by atoms with Crippen LogP contribution in [0.2, 0.25) is 0 Å². The van der Waals surface area contributed by atoms with E-state index in [1.165, 1.54) is 6.07 Å². The van der Waals surface area contributed by atoms with Gasteiger partial charge in [-0.3, -0.25) is 10.1 Å². The minimum absolute atomic E-state index is 0.0851. The van der Waals surface area contributed by atoms with E-state index in [0.717, 1.165) is 0 Å². The number of H-pyrrole nitrogens is 1. The van der Waals surface area contributed by atoms with Crippen LogP contribution in [0.4, 0.5) is 5.95 Å². The van der Waals surface area contributed by atoms with E-state index in [1.807, 2.05) is 0 Å². The molecule has 0 aromatic carbocycles. The fraction of sp³-hybridized carbons (Fsp3) is 0.250. The number of tetrazole rings is 1. The number of nitrogens with one attached hydrogen (secondary N) is 2. The largest absolute Gasteiger partial charge is 0.454 e. The first-order valence-corrected chi connectivity index (χ1v) is 4.89. The van der Waals surface area contributed by atoms with Crippen LogP contribution in [0.3, 0.4) is 0 Å². The molecule has 2 aromatic heterocycles. The number of alkyl halides is 1. The van der Waals surface area contributed by atoms with Gasteiger partial charge in [-0.15, -0.1) is 16.7 Å². The lowest BCUT2D eigenvalue weighted by Crippen LogP contribution is -2.12. The average Bonchev–Trinajstić information content (AvgIpc) is 2.86. The number of rotatable bonds is 3. The summed E-state index contributed by atoms with van der Waals surface area (Å²) in [5.74, 6) is 0.305. The predicted molar refractivity (Wildman–Crippen MR) is 55.1 cm³/mol. The van der Waals surface area contributed by atoms with Crippen LogP contribution in [0.1, 0.15) is 28.6 Å². The molecule has 1 atom stereocenters. The molecule has 0 saturated heterocycles. The molecule has 0 aliphatic heterocycles. The first-order chi connectivity index (χ1) is 7.66. The third-order valence-electron chi connectivity index (χ3n) is 1.81. The summed E-state index contributed by atoms with van der Waals surface area (Å²) in [6.45, 7) is 1.75. The Kier molecular flexibility index (Phi) is 2.86. The summed E-state index contributed by atoms with van der Waals surface area (Å²) in [5.41, 5.74) is 0. The maximum Gasteiger partial charge on any atom is 0.293 e. The number of nitrogens with zero attached hydrogens (tertiary/aromatic N) is 3. The minimum atomic E-state index is -0.454. The standard InChI is InChI=1S/C8H8ClN5O2/c1-4(9)5-2-3-6(16-5)7(15)10-8-11-13-14-12-8/h2-4H,1H3,(H2,10,11,12,13,14,15). The second-order valence-corrected chi connectivity index (χ2v) is 3.66. The van der Waals surface area contributed by atoms with Gasteiger partial charge in [0, 0.05) is 0 Å². The smallest absolute Gasteiger partial charge is 0.293 e. The van der Waals surface area contributed by atoms with Crippen molar-refractivity contribution in [2.45, 2.75) is 12.3 Å². The molecule has 0 aliphatic carbocycles. The molecule has 16 heavy (non-hydrogen) atoms. The summed E-state index contributed by atoms with van der Waals surface area (Å²) in [6, 6.07) is 3.17. The maximum absolute atomic E-state index is 11.6. The molecule has 0 radical (unpaired) electrons. The van der Waals surface area contributed by atoms with Gasteiger partial charge in [0.05, 0.1) is 5.38 Å². The fourth-order valence-corrected chi connectivity index (χ4v) is 1.18. The third kappa shape index (κ3) is 2.19. The van der Waals surface area contributed by atoms with Crippen LogP contribution in [0, 0.1) is 0 Å². The van der Waals surface area contributed by atoms with E-state index in [9.17, 15) is 4.79 Å². The number of carbonyl (C=O) groups excluding carboxylic acids is 1. The van der Waals surface area contributed by atoms with Gasteiger partial charge in [-0.25, -0.2) is 0 Å². The number of hydrogen-bond donors (Lipinski definition) is 2. The second-order valence-electron chi connectivity index (χ2n) is 3.01. The average molecular weight is 242 g/mol. The number of hydrogen-bond acceptors (Lipinski definition) is 5. The van der Waals surface area contributed by atoms with E-state index in [4.69, 9.17) is 16.0 Å². The Morgan fingerprint density at radius 1 is 1.62 bits per heavy atom. The zero-order chi connectivity index (χ0) is 11.5. The van der Waals surface area contributed by atoms with Crippen LogP contribution in [0.25, 0.3) is 0 Å². The number of amides is 1. The van der Waals surface area contributed by atoms with Crippen molar-refractivity contribution in [3.8, 4) is 0 Å². The highest BCUT2D eigenvalue weighted by Crippen LogP contribution is 2.21. The topological polar surface area (TPSA) is 96.7 Å². The van der Waals surface area contributed by atoms with E-state index in [1.54, 1.807) is 13.0 Å². The lowest BCUT2D eigenvalue weighted by Gasteiger charge is -1.97. The van der Waals surface area contributed by atoms with Gasteiger partial charge < -0.3 is 4.42 Å². The number of furan rings is 1. The maximum atomic E-state index is 11.6. The highest BCUT2D eigenvalue weighted by molar-refractivity contribution is 6.20. The second kappa shape index (κ2) is 4.31. The molecule has 1 amide bonds. The molecule has 2 N–H and O–H groups in total. The van der Waals surface area contributed by atoms with Gasteiger partial charge in [0.15, 0.2) is 5.76 Å². The monoisotopic (exact) mass is 241 g/mol. The summed E-state index contributed by atoms with van der Waals surface area (Å²) in [7, 11) is 0. The van der Waals surface area contributed by atoms with Gasteiger partial charge in [-0.2, -0.15) is 5.21 Å². The fourth-order valence-electron chi connectivity index (χ4n) is 1.07. The highest BCUT2D eigenvalue weighted by atomic mass is 35.5. The first kappa shape index (κ1) is 10.6. The quantitative estimate of drug-likeness (QED) is 0.791. The molecule has 0 aliphatic rings. The summed E-state index contributed by atoms with van der Waals surface area (Å²) in [4.78, 5) is 11.6. The highest BCUT2D eigenvalue weighted by Gasteiger charge is 2.14. The van der Waals surface area contributed by atoms with Crippen molar-refractivity contribution in [2.24, 2.45) is 0 Å². The van der Waals surface area contributed by atoms with E-state index in [0.29, 0.717) is 5.76 Å². The normalized spacial score (nSPS) is 12.4. The van der Waals surface area contributed by atoms with Gasteiger partial charge >= 0.3 is 0 Å². The zero-order valence-corrected chi connectivity index (χ0v) is 9.02. The van der Waals surface area contributed by atoms with Crippen LogP contribution < -0.4 is 5.32 Å². The number of aromatic amines is 1. The number of aromatic nitrogens is 4. The number of halogens is 1. The molecular formula is C8H8ClN5O2. The molecule has 8 heteroatoms. The summed E-state index contributed by atoms with van der Waals surface area (Å²) in [5, 5.41) is 14.8. The molecule has 7 nitrogen and oxygen atoms in total. The molecule has 2 aromatic rings. The summed E-state index contributed by atoms with van der Waals surface area (Å²) < 4.78 is 5.23. The van der Waals surface area contributed by atoms with Crippen molar-refractivity contribution in [1.82, 2.24) is 20.6 Å². The lowest BCUT2D eigenvalue weighted by atomic mass is 10.3. The SMILES string of the molecule is CC(Cl)c1ccc(C(=O)Nc2nn[nH]n2)o1. The molecule has 1 unspecified atom stereocenters. The Morgan fingerprint density at radius 3 is 3.00 bits per heavy atom. The van der Waals surface area contributed by atoms with Crippen LogP contribution in [-0.2, 0) is 0 Å². The van der Waals surface area contributed by atoms with Crippen molar-refractivity contribution in [3.05, 3.63) is 23.7 Å². The Bertz CT molecular complexity index is 478. The minimum Gasteiger partial charge on any atom is -0.454 e. The molecule has 0 fully saturated rings. The van der Waals surface area contributed by atoms with Crippen LogP contribution >= 0.6 is 11.6 Å². The van der Waals surface area contributed by atoms with Crippen LogP contribution in [0.15, 0.2) is 16.5 Å².